The summed E-state index contributed by atoms with van der Waals surface area (Å²) >= 11 is -0.676. The molecule has 0 aromatic heterocycles. The number of hydrogen-bond donors (Lipinski definition) is 0. The SMILES string of the molecule is C[SiH2][C](C)(C)[Al]([C](C)(C)[SiH2]C)[C](C)(C)[SiH2]C. The maximum atomic E-state index is 2.62. The van der Waals surface area contributed by atoms with Gasteiger partial charge in [0.25, 0.3) is 14.1 Å². The van der Waals surface area contributed by atoms with Crippen LogP contribution in [0, 0.1) is 0 Å². The fourth-order valence-electron chi connectivity index (χ4n) is 3.79. The van der Waals surface area contributed by atoms with Crippen LogP contribution in [0.15, 0.2) is 0 Å². The quantitative estimate of drug-likeness (QED) is 0.658. The molecule has 0 saturated carbocycles. The summed E-state index contributed by atoms with van der Waals surface area (Å²) in [5.41, 5.74) is 0. The fourth-order valence-corrected chi connectivity index (χ4v) is 27.6. The molecule has 4 heteroatoms. The third kappa shape index (κ3) is 3.85. The Morgan fingerprint density at radius 3 is 0.875 bits per heavy atom. The van der Waals surface area contributed by atoms with E-state index in [1.165, 1.54) is 0 Å². The maximum absolute atomic E-state index is 2.62. The maximum Gasteiger partial charge on any atom is 0.270 e. The van der Waals surface area contributed by atoms with Gasteiger partial charge in [-0.1, -0.05) is 72.9 Å². The minimum atomic E-state index is -0.676. The first kappa shape index (κ1) is 17.2. The van der Waals surface area contributed by atoms with Crippen molar-refractivity contribution in [3.8, 4) is 0 Å². The van der Waals surface area contributed by atoms with E-state index in [1.807, 2.05) is 0 Å². The molecule has 0 saturated heterocycles. The Labute approximate surface area is 115 Å². The first-order valence-electron chi connectivity index (χ1n) is 7.05. The molecular formula is C12H33AlSi3. The summed E-state index contributed by atoms with van der Waals surface area (Å²) in [6, 6.07) is 0. The Kier molecular flexibility index (Phi) is 6.32. The van der Waals surface area contributed by atoms with Crippen molar-refractivity contribution in [2.24, 2.45) is 0 Å². The average molecular weight is 289 g/mol. The number of rotatable bonds is 6. The van der Waals surface area contributed by atoms with Gasteiger partial charge in [0.05, 0.1) is 0 Å². The van der Waals surface area contributed by atoms with Crippen molar-refractivity contribution in [1.29, 1.82) is 0 Å². The van der Waals surface area contributed by atoms with Crippen molar-refractivity contribution in [2.45, 2.75) is 72.9 Å². The molecule has 0 heterocycles. The Balaban J connectivity index is 5.40. The predicted octanol–water partition coefficient (Wildman–Crippen LogP) is 2.35. The lowest BCUT2D eigenvalue weighted by Gasteiger charge is -2.48. The first-order chi connectivity index (χ1) is 7.05. The van der Waals surface area contributed by atoms with Crippen LogP contribution in [0.3, 0.4) is 0 Å². The largest absolute Gasteiger partial charge is 0.270 e. The monoisotopic (exact) mass is 288 g/mol. The van der Waals surface area contributed by atoms with Gasteiger partial charge in [0.1, 0.15) is 0 Å². The molecular weight excluding hydrogens is 255 g/mol. The van der Waals surface area contributed by atoms with Crippen molar-refractivity contribution in [3.05, 3.63) is 0 Å². The van der Waals surface area contributed by atoms with Gasteiger partial charge in [-0.05, 0) is 0 Å². The first-order valence-corrected chi connectivity index (χ1v) is 15.1. The molecule has 0 unspecified atom stereocenters. The van der Waals surface area contributed by atoms with Gasteiger partial charge in [0, 0.05) is 28.6 Å². The molecule has 96 valence electrons. The Bertz CT molecular complexity index is 186. The van der Waals surface area contributed by atoms with Gasteiger partial charge >= 0.3 is 0 Å². The van der Waals surface area contributed by atoms with E-state index in [9.17, 15) is 0 Å². The summed E-state index contributed by atoms with van der Waals surface area (Å²) in [6.07, 6.45) is 0. The Hall–Kier alpha value is 1.18. The highest BCUT2D eigenvalue weighted by Gasteiger charge is 2.51. The predicted molar refractivity (Wildman–Crippen MR) is 91.1 cm³/mol. The molecule has 0 atom stereocenters. The van der Waals surface area contributed by atoms with E-state index in [2.05, 4.69) is 61.2 Å². The van der Waals surface area contributed by atoms with Gasteiger partial charge in [0.2, 0.25) is 0 Å². The van der Waals surface area contributed by atoms with E-state index in [4.69, 9.17) is 0 Å². The van der Waals surface area contributed by atoms with Crippen LogP contribution in [-0.2, 0) is 0 Å². The third-order valence-corrected chi connectivity index (χ3v) is 22.6. The van der Waals surface area contributed by atoms with Gasteiger partial charge in [-0.15, -0.1) is 0 Å². The highest BCUT2D eigenvalue weighted by atomic mass is 28.2. The lowest BCUT2D eigenvalue weighted by molar-refractivity contribution is 0.740. The summed E-state index contributed by atoms with van der Waals surface area (Å²) in [5, 5.41) is 0. The summed E-state index contributed by atoms with van der Waals surface area (Å²) in [6.45, 7) is 23.3. The summed E-state index contributed by atoms with van der Waals surface area (Å²) in [7, 11) is 0.367. The molecule has 0 aromatic carbocycles. The molecule has 0 spiro atoms. The Morgan fingerprint density at radius 2 is 0.750 bits per heavy atom. The Morgan fingerprint density at radius 1 is 0.562 bits per heavy atom. The molecule has 0 aliphatic heterocycles. The minimum absolute atomic E-state index is 0.122. The topological polar surface area (TPSA) is 0 Å². The van der Waals surface area contributed by atoms with Gasteiger partial charge in [-0.3, -0.25) is 0 Å². The second kappa shape index (κ2) is 5.88. The standard InChI is InChI=1S/3C4H11Si.Al/c3*1-4(2)5-3;/h3*5H2,1-3H3;. The zero-order valence-corrected chi connectivity index (χ0v) is 18.6. The summed E-state index contributed by atoms with van der Waals surface area (Å²) in [4.78, 5) is 0. The van der Waals surface area contributed by atoms with Crippen molar-refractivity contribution >= 4 is 42.7 Å². The average Bonchev–Trinajstić information content (AvgIpc) is 2.16. The number of hydrogen-bond acceptors (Lipinski definition) is 0. The van der Waals surface area contributed by atoms with E-state index in [0.29, 0.717) is 0 Å². The van der Waals surface area contributed by atoms with Gasteiger partial charge in [-0.2, -0.15) is 0 Å². The van der Waals surface area contributed by atoms with Crippen LogP contribution >= 0.6 is 0 Å². The molecule has 16 heavy (non-hydrogen) atoms. The van der Waals surface area contributed by atoms with Gasteiger partial charge in [0.15, 0.2) is 0 Å². The molecule has 0 radical (unpaired) electrons. The van der Waals surface area contributed by atoms with Crippen molar-refractivity contribution in [1.82, 2.24) is 0 Å². The smallest absolute Gasteiger partial charge is 0.0848 e. The molecule has 0 aromatic rings. The molecule has 0 bridgehead atoms. The molecule has 0 amide bonds. The van der Waals surface area contributed by atoms with Crippen LogP contribution in [0.25, 0.3) is 0 Å². The van der Waals surface area contributed by atoms with Crippen LogP contribution in [0.1, 0.15) is 41.5 Å². The van der Waals surface area contributed by atoms with Crippen LogP contribution in [0.2, 0.25) is 31.3 Å². The second-order valence-corrected chi connectivity index (χ2v) is 23.1. The lowest BCUT2D eigenvalue weighted by atomic mass is 10.5. The van der Waals surface area contributed by atoms with Gasteiger partial charge < -0.3 is 0 Å². The van der Waals surface area contributed by atoms with Crippen LogP contribution < -0.4 is 0 Å². The van der Waals surface area contributed by atoms with Crippen molar-refractivity contribution < 1.29 is 0 Å². The minimum Gasteiger partial charge on any atom is -0.0848 e. The van der Waals surface area contributed by atoms with E-state index in [1.54, 1.807) is 0 Å². The molecule has 0 aliphatic rings. The van der Waals surface area contributed by atoms with Crippen LogP contribution in [0.4, 0.5) is 0 Å². The van der Waals surface area contributed by atoms with E-state index < -0.39 is 14.1 Å². The highest BCUT2D eigenvalue weighted by Crippen LogP contribution is 2.52. The van der Waals surface area contributed by atoms with Crippen LogP contribution in [-0.4, -0.2) is 42.7 Å². The highest BCUT2D eigenvalue weighted by molar-refractivity contribution is 6.90. The molecule has 0 fully saturated rings. The zero-order chi connectivity index (χ0) is 13.2. The van der Waals surface area contributed by atoms with E-state index in [0.717, 1.165) is 11.7 Å². The second-order valence-electron chi connectivity index (χ2n) is 7.46. The molecule has 0 nitrogen and oxygen atoms in total. The van der Waals surface area contributed by atoms with E-state index in [-0.39, 0.29) is 28.6 Å². The fraction of sp³-hybridized carbons (Fsp3) is 1.00. The molecule has 0 aliphatic carbocycles. The van der Waals surface area contributed by atoms with Crippen LogP contribution in [0.5, 0.6) is 0 Å². The molecule has 0 N–H and O–H groups in total. The zero-order valence-electron chi connectivity index (χ0n) is 13.2. The summed E-state index contributed by atoms with van der Waals surface area (Å²) < 4.78 is 2.33. The van der Waals surface area contributed by atoms with Crippen molar-refractivity contribution in [2.75, 3.05) is 0 Å². The van der Waals surface area contributed by atoms with Crippen molar-refractivity contribution in [3.63, 3.8) is 0 Å². The normalized spacial score (nSPS) is 16.3. The third-order valence-electron chi connectivity index (χ3n) is 5.08. The van der Waals surface area contributed by atoms with Gasteiger partial charge in [-0.25, -0.2) is 0 Å². The van der Waals surface area contributed by atoms with E-state index >= 15 is 0 Å². The lowest BCUT2D eigenvalue weighted by Crippen LogP contribution is -2.51. The molecule has 0 rings (SSSR count). The summed E-state index contributed by atoms with van der Waals surface area (Å²) in [5.74, 6) is 0.